The standard InChI is InChI=1S/C15H21N3O/c1-11(2)16-10-6-9-14-17-18-15(19-14)13-8-5-4-7-12(13)3/h4-5,7-8,11,16H,6,9-10H2,1-3H3. The maximum absolute atomic E-state index is 5.71. The van der Waals surface area contributed by atoms with Crippen LogP contribution in [0.3, 0.4) is 0 Å². The Labute approximate surface area is 114 Å². The van der Waals surface area contributed by atoms with Crippen LogP contribution < -0.4 is 5.32 Å². The molecule has 0 fully saturated rings. The van der Waals surface area contributed by atoms with Gasteiger partial charge in [0.2, 0.25) is 11.8 Å². The van der Waals surface area contributed by atoms with Gasteiger partial charge in [-0.3, -0.25) is 0 Å². The molecular weight excluding hydrogens is 238 g/mol. The number of aryl methyl sites for hydroxylation is 2. The van der Waals surface area contributed by atoms with Crippen molar-refractivity contribution in [3.05, 3.63) is 35.7 Å². The van der Waals surface area contributed by atoms with Crippen molar-refractivity contribution in [2.24, 2.45) is 0 Å². The highest BCUT2D eigenvalue weighted by Crippen LogP contribution is 2.21. The lowest BCUT2D eigenvalue weighted by Gasteiger charge is -2.05. The van der Waals surface area contributed by atoms with Crippen LogP contribution in [0.2, 0.25) is 0 Å². The van der Waals surface area contributed by atoms with E-state index in [1.54, 1.807) is 0 Å². The van der Waals surface area contributed by atoms with Crippen molar-refractivity contribution in [3.8, 4) is 11.5 Å². The van der Waals surface area contributed by atoms with Crippen molar-refractivity contribution in [1.29, 1.82) is 0 Å². The molecule has 0 unspecified atom stereocenters. The Kier molecular flexibility index (Phi) is 4.68. The van der Waals surface area contributed by atoms with Crippen LogP contribution in [0.5, 0.6) is 0 Å². The van der Waals surface area contributed by atoms with Gasteiger partial charge in [0.15, 0.2) is 0 Å². The summed E-state index contributed by atoms with van der Waals surface area (Å²) in [4.78, 5) is 0. The maximum atomic E-state index is 5.71. The molecular formula is C15H21N3O. The van der Waals surface area contributed by atoms with Gasteiger partial charge < -0.3 is 9.73 Å². The highest BCUT2D eigenvalue weighted by molar-refractivity contribution is 5.57. The summed E-state index contributed by atoms with van der Waals surface area (Å²) in [5, 5.41) is 11.6. The Morgan fingerprint density at radius 3 is 2.74 bits per heavy atom. The first-order valence-corrected chi connectivity index (χ1v) is 6.78. The third-order valence-corrected chi connectivity index (χ3v) is 2.96. The second-order valence-corrected chi connectivity index (χ2v) is 5.03. The predicted octanol–water partition coefficient (Wildman–Crippen LogP) is 2.98. The van der Waals surface area contributed by atoms with E-state index in [9.17, 15) is 0 Å². The Morgan fingerprint density at radius 1 is 1.21 bits per heavy atom. The quantitative estimate of drug-likeness (QED) is 0.810. The summed E-state index contributed by atoms with van der Waals surface area (Å²) in [7, 11) is 0. The van der Waals surface area contributed by atoms with Crippen LogP contribution in [-0.4, -0.2) is 22.8 Å². The number of hydrogen-bond donors (Lipinski definition) is 1. The van der Waals surface area contributed by atoms with Crippen LogP contribution in [-0.2, 0) is 6.42 Å². The third-order valence-electron chi connectivity index (χ3n) is 2.96. The molecule has 2 rings (SSSR count). The molecule has 2 aromatic rings. The summed E-state index contributed by atoms with van der Waals surface area (Å²) in [5.41, 5.74) is 2.17. The second-order valence-electron chi connectivity index (χ2n) is 5.03. The molecule has 102 valence electrons. The number of aromatic nitrogens is 2. The average molecular weight is 259 g/mol. The molecule has 0 radical (unpaired) electrons. The number of nitrogens with zero attached hydrogens (tertiary/aromatic N) is 2. The van der Waals surface area contributed by atoms with Crippen LogP contribution in [0.15, 0.2) is 28.7 Å². The molecule has 0 bridgehead atoms. The van der Waals surface area contributed by atoms with Gasteiger partial charge in [-0.1, -0.05) is 32.0 Å². The van der Waals surface area contributed by atoms with Crippen LogP contribution in [0, 0.1) is 6.92 Å². The minimum Gasteiger partial charge on any atom is -0.421 e. The van der Waals surface area contributed by atoms with Gasteiger partial charge >= 0.3 is 0 Å². The van der Waals surface area contributed by atoms with Crippen molar-refractivity contribution < 1.29 is 4.42 Å². The Bertz CT molecular complexity index is 520. The largest absolute Gasteiger partial charge is 0.421 e. The average Bonchev–Trinajstić information content (AvgIpc) is 2.83. The normalized spacial score (nSPS) is 11.2. The molecule has 0 saturated carbocycles. The fourth-order valence-corrected chi connectivity index (χ4v) is 1.91. The fourth-order valence-electron chi connectivity index (χ4n) is 1.91. The van der Waals surface area contributed by atoms with Crippen molar-refractivity contribution >= 4 is 0 Å². The van der Waals surface area contributed by atoms with Crippen molar-refractivity contribution in [3.63, 3.8) is 0 Å². The first-order chi connectivity index (χ1) is 9.16. The molecule has 0 saturated heterocycles. The lowest BCUT2D eigenvalue weighted by Crippen LogP contribution is -2.23. The zero-order chi connectivity index (χ0) is 13.7. The minimum absolute atomic E-state index is 0.519. The zero-order valence-corrected chi connectivity index (χ0v) is 11.8. The van der Waals surface area contributed by atoms with E-state index in [1.807, 2.05) is 31.2 Å². The van der Waals surface area contributed by atoms with Gasteiger partial charge in [-0.2, -0.15) is 0 Å². The second kappa shape index (κ2) is 6.48. The maximum Gasteiger partial charge on any atom is 0.247 e. The van der Waals surface area contributed by atoms with Gasteiger partial charge in [0.05, 0.1) is 0 Å². The fraction of sp³-hybridized carbons (Fsp3) is 0.467. The van der Waals surface area contributed by atoms with E-state index in [1.165, 1.54) is 0 Å². The SMILES string of the molecule is Cc1ccccc1-c1nnc(CCCNC(C)C)o1. The summed E-state index contributed by atoms with van der Waals surface area (Å²) in [6, 6.07) is 8.57. The Morgan fingerprint density at radius 2 is 2.00 bits per heavy atom. The number of rotatable bonds is 6. The predicted molar refractivity (Wildman–Crippen MR) is 75.9 cm³/mol. The van der Waals surface area contributed by atoms with Crippen LogP contribution in [0.25, 0.3) is 11.5 Å². The molecule has 0 aliphatic heterocycles. The van der Waals surface area contributed by atoms with E-state index in [-0.39, 0.29) is 0 Å². The van der Waals surface area contributed by atoms with Crippen LogP contribution in [0.1, 0.15) is 31.7 Å². The van der Waals surface area contributed by atoms with E-state index >= 15 is 0 Å². The van der Waals surface area contributed by atoms with Gasteiger partial charge in [0.1, 0.15) is 0 Å². The summed E-state index contributed by atoms with van der Waals surface area (Å²) < 4.78 is 5.71. The summed E-state index contributed by atoms with van der Waals surface area (Å²) in [6.45, 7) is 7.30. The smallest absolute Gasteiger partial charge is 0.247 e. The van der Waals surface area contributed by atoms with Gasteiger partial charge in [-0.05, 0) is 31.5 Å². The zero-order valence-electron chi connectivity index (χ0n) is 11.8. The Balaban J connectivity index is 1.94. The van der Waals surface area contributed by atoms with Crippen molar-refractivity contribution in [2.75, 3.05) is 6.54 Å². The lowest BCUT2D eigenvalue weighted by atomic mass is 10.1. The van der Waals surface area contributed by atoms with Gasteiger partial charge in [0, 0.05) is 18.0 Å². The van der Waals surface area contributed by atoms with Crippen molar-refractivity contribution in [2.45, 2.75) is 39.7 Å². The molecule has 1 N–H and O–H groups in total. The third kappa shape index (κ3) is 3.89. The molecule has 0 aliphatic rings. The highest BCUT2D eigenvalue weighted by atomic mass is 16.4. The first-order valence-electron chi connectivity index (χ1n) is 6.78. The summed E-state index contributed by atoms with van der Waals surface area (Å²) in [5.74, 6) is 1.33. The molecule has 0 amide bonds. The number of benzene rings is 1. The van der Waals surface area contributed by atoms with Gasteiger partial charge in [0.25, 0.3) is 0 Å². The monoisotopic (exact) mass is 259 g/mol. The van der Waals surface area contributed by atoms with Crippen LogP contribution >= 0.6 is 0 Å². The lowest BCUT2D eigenvalue weighted by molar-refractivity contribution is 0.484. The summed E-state index contributed by atoms with van der Waals surface area (Å²) in [6.07, 6.45) is 1.83. The molecule has 0 aliphatic carbocycles. The van der Waals surface area contributed by atoms with Crippen molar-refractivity contribution in [1.82, 2.24) is 15.5 Å². The molecule has 0 spiro atoms. The molecule has 4 nitrogen and oxygen atoms in total. The molecule has 4 heteroatoms. The number of nitrogens with one attached hydrogen (secondary N) is 1. The molecule has 19 heavy (non-hydrogen) atoms. The minimum atomic E-state index is 0.519. The van der Waals surface area contributed by atoms with E-state index < -0.39 is 0 Å². The van der Waals surface area contributed by atoms with Crippen LogP contribution in [0.4, 0.5) is 0 Å². The summed E-state index contributed by atoms with van der Waals surface area (Å²) >= 11 is 0. The van der Waals surface area contributed by atoms with E-state index in [4.69, 9.17) is 4.42 Å². The van der Waals surface area contributed by atoms with E-state index in [0.717, 1.165) is 30.5 Å². The topological polar surface area (TPSA) is 51.0 Å². The van der Waals surface area contributed by atoms with Gasteiger partial charge in [-0.15, -0.1) is 10.2 Å². The highest BCUT2D eigenvalue weighted by Gasteiger charge is 2.09. The first kappa shape index (κ1) is 13.7. The molecule has 1 aromatic carbocycles. The van der Waals surface area contributed by atoms with Gasteiger partial charge in [-0.25, -0.2) is 0 Å². The molecule has 0 atom stereocenters. The molecule has 1 aromatic heterocycles. The number of hydrogen-bond acceptors (Lipinski definition) is 4. The molecule has 1 heterocycles. The van der Waals surface area contributed by atoms with E-state index in [0.29, 0.717) is 17.8 Å². The Hall–Kier alpha value is -1.68. The van der Waals surface area contributed by atoms with E-state index in [2.05, 4.69) is 29.4 Å².